The number of rotatable bonds is 1. The van der Waals surface area contributed by atoms with E-state index >= 15 is 0 Å². The molecule has 0 aliphatic rings. The molecule has 2 aromatic carbocycles. The van der Waals surface area contributed by atoms with Gasteiger partial charge in [-0.1, -0.05) is 34.1 Å². The number of halogens is 3. The van der Waals surface area contributed by atoms with Gasteiger partial charge in [-0.05, 0) is 56.1 Å². The molecule has 0 spiro atoms. The molecule has 0 atom stereocenters. The fraction of sp³-hybridized carbons (Fsp3) is 0. The highest BCUT2D eigenvalue weighted by molar-refractivity contribution is 9.13. The second-order valence-electron chi connectivity index (χ2n) is 4.13. The molecule has 19 heavy (non-hydrogen) atoms. The van der Waals surface area contributed by atoms with Crippen LogP contribution in [0.15, 0.2) is 62.1 Å². The smallest absolute Gasteiger partial charge is 0.0781 e. The minimum Gasteiger partial charge on any atom is -0.256 e. The lowest BCUT2D eigenvalue weighted by molar-refractivity contribution is 1.35. The van der Waals surface area contributed by atoms with E-state index < -0.39 is 0 Å². The number of nitrogens with zero attached hydrogens (tertiary/aromatic N) is 1. The molecular weight excluding hydrogens is 434 g/mol. The molecule has 3 rings (SSSR count). The van der Waals surface area contributed by atoms with E-state index in [-0.39, 0.29) is 0 Å². The van der Waals surface area contributed by atoms with Crippen LogP contribution in [0.2, 0.25) is 0 Å². The summed E-state index contributed by atoms with van der Waals surface area (Å²) in [6.07, 6.45) is 1.84. The van der Waals surface area contributed by atoms with Crippen molar-refractivity contribution >= 4 is 58.6 Å². The van der Waals surface area contributed by atoms with Crippen molar-refractivity contribution < 1.29 is 0 Å². The van der Waals surface area contributed by atoms with Crippen molar-refractivity contribution in [1.82, 2.24) is 4.98 Å². The summed E-state index contributed by atoms with van der Waals surface area (Å²) in [7, 11) is 0. The zero-order valence-corrected chi connectivity index (χ0v) is 14.5. The number of hydrogen-bond donors (Lipinski definition) is 0. The van der Waals surface area contributed by atoms with Crippen LogP contribution in [0.4, 0.5) is 0 Å². The molecule has 0 unspecified atom stereocenters. The van der Waals surface area contributed by atoms with Crippen LogP contribution < -0.4 is 0 Å². The van der Waals surface area contributed by atoms with Crippen LogP contribution in [-0.2, 0) is 0 Å². The van der Waals surface area contributed by atoms with Gasteiger partial charge in [-0.3, -0.25) is 4.98 Å². The Morgan fingerprint density at radius 1 is 0.842 bits per heavy atom. The Bertz CT molecular complexity index is 768. The van der Waals surface area contributed by atoms with E-state index in [1.807, 2.05) is 30.5 Å². The van der Waals surface area contributed by atoms with E-state index in [1.54, 1.807) is 0 Å². The number of benzene rings is 2. The molecule has 1 heterocycles. The summed E-state index contributed by atoms with van der Waals surface area (Å²) in [5, 5.41) is 2.29. The third-order valence-electron chi connectivity index (χ3n) is 2.93. The van der Waals surface area contributed by atoms with Gasteiger partial charge in [-0.2, -0.15) is 0 Å². The van der Waals surface area contributed by atoms with Crippen molar-refractivity contribution in [2.75, 3.05) is 0 Å². The van der Waals surface area contributed by atoms with Crippen molar-refractivity contribution in [3.05, 3.63) is 62.1 Å². The molecule has 0 saturated carbocycles. The van der Waals surface area contributed by atoms with Gasteiger partial charge in [0.05, 0.1) is 5.69 Å². The molecule has 0 saturated heterocycles. The summed E-state index contributed by atoms with van der Waals surface area (Å²) < 4.78 is 3.16. The highest BCUT2D eigenvalue weighted by Gasteiger charge is 2.09. The summed E-state index contributed by atoms with van der Waals surface area (Å²) >= 11 is 10.7. The summed E-state index contributed by atoms with van der Waals surface area (Å²) in [6, 6.07) is 14.3. The molecule has 1 nitrogen and oxygen atoms in total. The first-order valence-corrected chi connectivity index (χ1v) is 8.03. The maximum Gasteiger partial charge on any atom is 0.0781 e. The van der Waals surface area contributed by atoms with Crippen LogP contribution in [0, 0.1) is 0 Å². The Morgan fingerprint density at radius 3 is 2.47 bits per heavy atom. The molecule has 0 fully saturated rings. The molecule has 4 heteroatoms. The molecule has 0 amide bonds. The minimum absolute atomic E-state index is 0.993. The minimum atomic E-state index is 0.993. The predicted molar refractivity (Wildman–Crippen MR) is 90.3 cm³/mol. The van der Waals surface area contributed by atoms with E-state index in [1.165, 1.54) is 0 Å². The quantitative estimate of drug-likeness (QED) is 0.438. The van der Waals surface area contributed by atoms with Crippen LogP contribution >= 0.6 is 47.8 Å². The fourth-order valence-corrected chi connectivity index (χ4v) is 3.28. The van der Waals surface area contributed by atoms with Crippen molar-refractivity contribution in [2.45, 2.75) is 0 Å². The fourth-order valence-electron chi connectivity index (χ4n) is 2.06. The lowest BCUT2D eigenvalue weighted by atomic mass is 10.0. The van der Waals surface area contributed by atoms with Gasteiger partial charge in [0.1, 0.15) is 0 Å². The van der Waals surface area contributed by atoms with Gasteiger partial charge < -0.3 is 0 Å². The zero-order valence-electron chi connectivity index (χ0n) is 9.70. The van der Waals surface area contributed by atoms with Crippen LogP contribution in [0.3, 0.4) is 0 Å². The number of fused-ring (bicyclic) bond motifs is 1. The maximum atomic E-state index is 4.53. The molecule has 0 N–H and O–H groups in total. The van der Waals surface area contributed by atoms with E-state index in [2.05, 4.69) is 71.0 Å². The van der Waals surface area contributed by atoms with Gasteiger partial charge >= 0.3 is 0 Å². The van der Waals surface area contributed by atoms with E-state index in [9.17, 15) is 0 Å². The van der Waals surface area contributed by atoms with Gasteiger partial charge in [-0.25, -0.2) is 0 Å². The van der Waals surface area contributed by atoms with Crippen LogP contribution in [0.5, 0.6) is 0 Å². The van der Waals surface area contributed by atoms with Gasteiger partial charge in [0.15, 0.2) is 0 Å². The molecule has 3 aromatic rings. The lowest BCUT2D eigenvalue weighted by Gasteiger charge is -2.08. The first kappa shape index (κ1) is 13.3. The van der Waals surface area contributed by atoms with Crippen LogP contribution in [0.25, 0.3) is 22.0 Å². The number of hydrogen-bond acceptors (Lipinski definition) is 1. The Kier molecular flexibility index (Phi) is 3.74. The molecule has 1 aromatic heterocycles. The third kappa shape index (κ3) is 2.49. The van der Waals surface area contributed by atoms with E-state index in [0.29, 0.717) is 0 Å². The van der Waals surface area contributed by atoms with Gasteiger partial charge in [0.25, 0.3) is 0 Å². The first-order chi connectivity index (χ1) is 9.16. The number of aromatic nitrogens is 1. The predicted octanol–water partition coefficient (Wildman–Crippen LogP) is 6.19. The van der Waals surface area contributed by atoms with Gasteiger partial charge in [-0.15, -0.1) is 0 Å². The molecule has 94 valence electrons. The van der Waals surface area contributed by atoms with Gasteiger partial charge in [0.2, 0.25) is 0 Å². The van der Waals surface area contributed by atoms with Gasteiger partial charge in [0, 0.05) is 36.0 Å². The molecule has 0 aliphatic carbocycles. The highest BCUT2D eigenvalue weighted by Crippen LogP contribution is 2.35. The van der Waals surface area contributed by atoms with Crippen molar-refractivity contribution in [3.8, 4) is 11.3 Å². The highest BCUT2D eigenvalue weighted by atomic mass is 79.9. The zero-order chi connectivity index (χ0) is 13.4. The van der Waals surface area contributed by atoms with Crippen LogP contribution in [0.1, 0.15) is 0 Å². The molecule has 0 bridgehead atoms. The monoisotopic (exact) mass is 439 g/mol. The van der Waals surface area contributed by atoms with Crippen LogP contribution in [-0.4, -0.2) is 4.98 Å². The summed E-state index contributed by atoms with van der Waals surface area (Å²) in [6.45, 7) is 0. The first-order valence-electron chi connectivity index (χ1n) is 5.65. The Balaban J connectivity index is 2.34. The summed E-state index contributed by atoms with van der Waals surface area (Å²) in [5.74, 6) is 0. The van der Waals surface area contributed by atoms with E-state index in [4.69, 9.17) is 0 Å². The second kappa shape index (κ2) is 5.35. The normalized spacial score (nSPS) is 10.9. The topological polar surface area (TPSA) is 12.9 Å². The third-order valence-corrected chi connectivity index (χ3v) is 5.47. The van der Waals surface area contributed by atoms with Crippen molar-refractivity contribution in [1.29, 1.82) is 0 Å². The molecular formula is C15H8Br3N. The largest absolute Gasteiger partial charge is 0.256 e. The second-order valence-corrected chi connectivity index (χ2v) is 6.69. The Morgan fingerprint density at radius 2 is 1.68 bits per heavy atom. The average molecular weight is 442 g/mol. The summed E-state index contributed by atoms with van der Waals surface area (Å²) in [5.41, 5.74) is 2.10. The Labute approximate surface area is 136 Å². The standard InChI is InChI=1S/C15H8Br3N/c16-10-3-1-2-9(8-10)15-12-4-5-13(17)14(18)11(12)6-7-19-15/h1-8H. The number of pyridine rings is 1. The van der Waals surface area contributed by atoms with Crippen molar-refractivity contribution in [3.63, 3.8) is 0 Å². The summed E-state index contributed by atoms with van der Waals surface area (Å²) in [4.78, 5) is 4.53. The molecule has 0 radical (unpaired) electrons. The maximum absolute atomic E-state index is 4.53. The SMILES string of the molecule is Brc1cccc(-c2nccc3c(Br)c(Br)ccc23)c1. The average Bonchev–Trinajstić information content (AvgIpc) is 2.42. The van der Waals surface area contributed by atoms with E-state index in [0.717, 1.165) is 35.4 Å². The molecule has 0 aliphatic heterocycles. The van der Waals surface area contributed by atoms with Crippen molar-refractivity contribution in [2.24, 2.45) is 0 Å². The lowest BCUT2D eigenvalue weighted by Crippen LogP contribution is -1.87. The Hall–Kier alpha value is -0.710.